The first-order valence-electron chi connectivity index (χ1n) is 8.57. The molecule has 0 radical (unpaired) electrons. The molecule has 1 unspecified atom stereocenters. The van der Waals surface area contributed by atoms with E-state index in [-0.39, 0.29) is 12.1 Å². The minimum absolute atomic E-state index is 0.00430. The largest absolute Gasteiger partial charge is 0.352 e. The molecular formula is C20H24N2O2. The number of amides is 1. The van der Waals surface area contributed by atoms with E-state index < -0.39 is 0 Å². The third kappa shape index (κ3) is 3.21. The molecule has 1 aliphatic rings. The second-order valence-corrected chi connectivity index (χ2v) is 5.85. The smallest absolute Gasteiger partial charge is 0.261 e. The highest BCUT2D eigenvalue weighted by molar-refractivity contribution is 6.10. The number of anilines is 1. The molecule has 126 valence electrons. The van der Waals surface area contributed by atoms with Crippen LogP contribution in [0.15, 0.2) is 54.6 Å². The van der Waals surface area contributed by atoms with Crippen molar-refractivity contribution in [3.63, 3.8) is 0 Å². The predicted octanol–water partition coefficient (Wildman–Crippen LogP) is 3.70. The van der Waals surface area contributed by atoms with Gasteiger partial charge in [-0.25, -0.2) is 0 Å². The van der Waals surface area contributed by atoms with Gasteiger partial charge in [0, 0.05) is 23.4 Å². The lowest BCUT2D eigenvalue weighted by Gasteiger charge is -2.27. The van der Waals surface area contributed by atoms with E-state index in [2.05, 4.69) is 18.7 Å². The van der Waals surface area contributed by atoms with Gasteiger partial charge in [-0.2, -0.15) is 0 Å². The highest BCUT2D eigenvalue weighted by Gasteiger charge is 2.38. The molecule has 2 aromatic carbocycles. The number of likely N-dealkylation sites (N-methyl/N-ethyl adjacent to an activating group) is 1. The van der Waals surface area contributed by atoms with Gasteiger partial charge in [0.2, 0.25) is 0 Å². The number of ether oxygens (including phenoxy) is 1. The summed E-state index contributed by atoms with van der Waals surface area (Å²) in [4.78, 5) is 16.9. The maximum atomic E-state index is 12.9. The number of nitrogens with zero attached hydrogens (tertiary/aromatic N) is 2. The quantitative estimate of drug-likeness (QED) is 0.778. The lowest BCUT2D eigenvalue weighted by Crippen LogP contribution is -2.32. The average molecular weight is 324 g/mol. The van der Waals surface area contributed by atoms with Crippen molar-refractivity contribution in [3.05, 3.63) is 65.7 Å². The molecule has 1 heterocycles. The first-order chi connectivity index (χ1) is 11.8. The number of carbonyl (C=O) groups is 1. The van der Waals surface area contributed by atoms with Crippen LogP contribution in [0, 0.1) is 0 Å². The molecule has 0 aromatic heterocycles. The van der Waals surface area contributed by atoms with Gasteiger partial charge < -0.3 is 9.64 Å². The standard InChI is InChI=1S/C20H24N2O2/c1-3-21(4-2)14-15-24-20-18-13-9-8-12-17(18)19(23)22(20)16-10-6-5-7-11-16/h5-13,20H,3-4,14-15H2,1-2H3. The molecule has 0 aliphatic carbocycles. The van der Waals surface area contributed by atoms with E-state index in [9.17, 15) is 4.79 Å². The molecule has 24 heavy (non-hydrogen) atoms. The minimum Gasteiger partial charge on any atom is -0.352 e. The third-order valence-corrected chi connectivity index (χ3v) is 4.52. The van der Waals surface area contributed by atoms with E-state index in [1.807, 2.05) is 54.6 Å². The van der Waals surface area contributed by atoms with E-state index in [1.54, 1.807) is 4.90 Å². The molecule has 0 spiro atoms. The van der Waals surface area contributed by atoms with Crippen molar-refractivity contribution in [2.45, 2.75) is 20.1 Å². The van der Waals surface area contributed by atoms with Gasteiger partial charge in [-0.3, -0.25) is 9.69 Å². The molecule has 1 amide bonds. The Hall–Kier alpha value is -2.17. The van der Waals surface area contributed by atoms with Crippen LogP contribution < -0.4 is 4.90 Å². The van der Waals surface area contributed by atoms with Gasteiger partial charge in [0.15, 0.2) is 6.23 Å². The highest BCUT2D eigenvalue weighted by Crippen LogP contribution is 2.37. The molecule has 0 fully saturated rings. The summed E-state index contributed by atoms with van der Waals surface area (Å²) in [6, 6.07) is 17.5. The zero-order chi connectivity index (χ0) is 16.9. The van der Waals surface area contributed by atoms with Crippen molar-refractivity contribution < 1.29 is 9.53 Å². The van der Waals surface area contributed by atoms with Gasteiger partial charge in [-0.15, -0.1) is 0 Å². The van der Waals surface area contributed by atoms with Gasteiger partial charge in [0.25, 0.3) is 5.91 Å². The fourth-order valence-electron chi connectivity index (χ4n) is 3.12. The van der Waals surface area contributed by atoms with Crippen LogP contribution in [0.3, 0.4) is 0 Å². The molecule has 1 aliphatic heterocycles. The SMILES string of the molecule is CCN(CC)CCOC1c2ccccc2C(=O)N1c1ccccc1. The second kappa shape index (κ2) is 7.60. The fraction of sp³-hybridized carbons (Fsp3) is 0.350. The number of hydrogen-bond acceptors (Lipinski definition) is 3. The van der Waals surface area contributed by atoms with Gasteiger partial charge in [-0.1, -0.05) is 50.2 Å². The maximum Gasteiger partial charge on any atom is 0.261 e. The Morgan fingerprint density at radius 1 is 1.00 bits per heavy atom. The number of carbonyl (C=O) groups excluding carboxylic acids is 1. The lowest BCUT2D eigenvalue weighted by atomic mass is 10.1. The summed E-state index contributed by atoms with van der Waals surface area (Å²) in [6.45, 7) is 7.76. The summed E-state index contributed by atoms with van der Waals surface area (Å²) in [7, 11) is 0. The van der Waals surface area contributed by atoms with Crippen LogP contribution in [0.4, 0.5) is 5.69 Å². The van der Waals surface area contributed by atoms with Crippen LogP contribution in [0.2, 0.25) is 0 Å². The van der Waals surface area contributed by atoms with Crippen LogP contribution in [0.5, 0.6) is 0 Å². The van der Waals surface area contributed by atoms with E-state index in [0.29, 0.717) is 6.61 Å². The zero-order valence-electron chi connectivity index (χ0n) is 14.3. The summed E-state index contributed by atoms with van der Waals surface area (Å²) in [5.41, 5.74) is 2.55. The summed E-state index contributed by atoms with van der Waals surface area (Å²) in [5, 5.41) is 0. The monoisotopic (exact) mass is 324 g/mol. The van der Waals surface area contributed by atoms with Gasteiger partial charge in [0.05, 0.1) is 6.61 Å². The van der Waals surface area contributed by atoms with Crippen molar-refractivity contribution >= 4 is 11.6 Å². The van der Waals surface area contributed by atoms with Crippen LogP contribution in [-0.2, 0) is 4.74 Å². The molecule has 0 bridgehead atoms. The second-order valence-electron chi connectivity index (χ2n) is 5.85. The topological polar surface area (TPSA) is 32.8 Å². The van der Waals surface area contributed by atoms with E-state index in [0.717, 1.165) is 36.4 Å². The van der Waals surface area contributed by atoms with Crippen molar-refractivity contribution in [1.29, 1.82) is 0 Å². The Balaban J connectivity index is 1.83. The number of fused-ring (bicyclic) bond motifs is 1. The van der Waals surface area contributed by atoms with Crippen LogP contribution in [-0.4, -0.2) is 37.0 Å². The number of hydrogen-bond donors (Lipinski definition) is 0. The van der Waals surface area contributed by atoms with E-state index in [4.69, 9.17) is 4.74 Å². The van der Waals surface area contributed by atoms with Crippen molar-refractivity contribution in [1.82, 2.24) is 4.90 Å². The minimum atomic E-state index is -0.355. The van der Waals surface area contributed by atoms with E-state index in [1.165, 1.54) is 0 Å². The Labute approximate surface area is 143 Å². The summed E-state index contributed by atoms with van der Waals surface area (Å²) >= 11 is 0. The normalized spacial score (nSPS) is 16.7. The first kappa shape index (κ1) is 16.7. The predicted molar refractivity (Wildman–Crippen MR) is 96.2 cm³/mol. The summed E-state index contributed by atoms with van der Waals surface area (Å²) < 4.78 is 6.16. The summed E-state index contributed by atoms with van der Waals surface area (Å²) in [6.07, 6.45) is -0.355. The highest BCUT2D eigenvalue weighted by atomic mass is 16.5. The van der Waals surface area contributed by atoms with Crippen LogP contribution in [0.25, 0.3) is 0 Å². The van der Waals surface area contributed by atoms with Gasteiger partial charge >= 0.3 is 0 Å². The molecule has 3 rings (SSSR count). The Bertz CT molecular complexity index is 683. The van der Waals surface area contributed by atoms with Crippen molar-refractivity contribution in [2.75, 3.05) is 31.1 Å². The Morgan fingerprint density at radius 2 is 1.67 bits per heavy atom. The molecule has 0 N–H and O–H groups in total. The molecule has 1 atom stereocenters. The molecule has 4 heteroatoms. The average Bonchev–Trinajstić information content (AvgIpc) is 2.92. The zero-order valence-corrected chi connectivity index (χ0v) is 14.3. The van der Waals surface area contributed by atoms with E-state index >= 15 is 0 Å². The molecule has 2 aromatic rings. The summed E-state index contributed by atoms with van der Waals surface area (Å²) in [5.74, 6) is 0.00430. The first-order valence-corrected chi connectivity index (χ1v) is 8.57. The molecular weight excluding hydrogens is 300 g/mol. The molecule has 0 saturated heterocycles. The lowest BCUT2D eigenvalue weighted by molar-refractivity contribution is 0.0395. The third-order valence-electron chi connectivity index (χ3n) is 4.52. The Kier molecular flexibility index (Phi) is 5.28. The number of benzene rings is 2. The van der Waals surface area contributed by atoms with Gasteiger partial charge in [0.1, 0.15) is 0 Å². The molecule has 0 saturated carbocycles. The van der Waals surface area contributed by atoms with Crippen LogP contribution in [0.1, 0.15) is 36.0 Å². The van der Waals surface area contributed by atoms with Gasteiger partial charge in [-0.05, 0) is 31.3 Å². The Morgan fingerprint density at radius 3 is 2.38 bits per heavy atom. The fourth-order valence-corrected chi connectivity index (χ4v) is 3.12. The number of para-hydroxylation sites is 1. The van der Waals surface area contributed by atoms with Crippen LogP contribution >= 0.6 is 0 Å². The number of rotatable bonds is 7. The van der Waals surface area contributed by atoms with Crippen molar-refractivity contribution in [2.24, 2.45) is 0 Å². The van der Waals surface area contributed by atoms with Crippen molar-refractivity contribution in [3.8, 4) is 0 Å². The molecule has 4 nitrogen and oxygen atoms in total. The maximum absolute atomic E-state index is 12.9.